The van der Waals surface area contributed by atoms with Crippen molar-refractivity contribution in [3.8, 4) is 0 Å². The molecule has 0 aliphatic rings. The third-order valence-electron chi connectivity index (χ3n) is 3.22. The van der Waals surface area contributed by atoms with E-state index in [4.69, 9.17) is 0 Å². The lowest BCUT2D eigenvalue weighted by atomic mass is 10.2. The highest BCUT2D eigenvalue weighted by Gasteiger charge is 2.10. The highest BCUT2D eigenvalue weighted by molar-refractivity contribution is 5.97. The molecule has 0 spiro atoms. The van der Waals surface area contributed by atoms with Gasteiger partial charge in [0.15, 0.2) is 0 Å². The smallest absolute Gasteiger partial charge is 0.306 e. The summed E-state index contributed by atoms with van der Waals surface area (Å²) in [5, 5.41) is 7.96. The van der Waals surface area contributed by atoms with Crippen molar-refractivity contribution in [3.05, 3.63) is 59.8 Å². The van der Waals surface area contributed by atoms with E-state index < -0.39 is 0 Å². The molecule has 3 aromatic rings. The van der Waals surface area contributed by atoms with Gasteiger partial charge in [0.2, 0.25) is 0 Å². The van der Waals surface area contributed by atoms with E-state index in [1.807, 2.05) is 56.3 Å². The molecule has 1 N–H and O–H groups in total. The van der Waals surface area contributed by atoms with Gasteiger partial charge in [-0.1, -0.05) is 29.3 Å². The Kier molecular flexibility index (Phi) is 2.99. The molecule has 0 radical (unpaired) electrons. The first kappa shape index (κ1) is 12.4. The monoisotopic (exact) mass is 265 g/mol. The number of nitrogens with one attached hydrogen (secondary N) is 1. The van der Waals surface area contributed by atoms with Crippen molar-refractivity contribution >= 4 is 22.6 Å². The number of rotatable bonds is 1. The highest BCUT2D eigenvalue weighted by atomic mass is 16.2. The van der Waals surface area contributed by atoms with Crippen molar-refractivity contribution in [2.75, 3.05) is 5.32 Å². The fraction of sp³-hybridized carbons (Fsp3) is 0.125. The normalized spacial score (nSPS) is 10.7. The molecular formula is C16H15N3O. The van der Waals surface area contributed by atoms with Gasteiger partial charge in [0, 0.05) is 11.1 Å². The second kappa shape index (κ2) is 4.81. The van der Waals surface area contributed by atoms with Crippen LogP contribution in [-0.4, -0.2) is 15.8 Å². The molecule has 0 unspecified atom stereocenters. The van der Waals surface area contributed by atoms with Crippen LogP contribution in [0.25, 0.3) is 10.9 Å². The first-order chi connectivity index (χ1) is 9.63. The second-order valence-corrected chi connectivity index (χ2v) is 4.91. The van der Waals surface area contributed by atoms with Gasteiger partial charge in [0.25, 0.3) is 0 Å². The van der Waals surface area contributed by atoms with Gasteiger partial charge in [0.1, 0.15) is 0 Å². The zero-order valence-corrected chi connectivity index (χ0v) is 11.4. The highest BCUT2D eigenvalue weighted by Crippen LogP contribution is 2.16. The third kappa shape index (κ3) is 2.28. The molecule has 20 heavy (non-hydrogen) atoms. The summed E-state index contributed by atoms with van der Waals surface area (Å²) in [5.74, 6) is 0. The molecule has 100 valence electrons. The van der Waals surface area contributed by atoms with E-state index in [1.165, 1.54) is 4.68 Å². The van der Waals surface area contributed by atoms with Crippen LogP contribution < -0.4 is 5.32 Å². The van der Waals surface area contributed by atoms with Crippen molar-refractivity contribution in [3.63, 3.8) is 0 Å². The second-order valence-electron chi connectivity index (χ2n) is 4.91. The maximum absolute atomic E-state index is 12.2. The van der Waals surface area contributed by atoms with Crippen LogP contribution >= 0.6 is 0 Å². The fourth-order valence-electron chi connectivity index (χ4n) is 2.13. The molecule has 1 amide bonds. The number of benzene rings is 2. The topological polar surface area (TPSA) is 46.9 Å². The van der Waals surface area contributed by atoms with Crippen molar-refractivity contribution < 1.29 is 4.79 Å². The lowest BCUT2D eigenvalue weighted by Gasteiger charge is -2.06. The Morgan fingerprint density at radius 3 is 2.50 bits per heavy atom. The molecule has 0 saturated carbocycles. The number of hydrogen-bond donors (Lipinski definition) is 1. The zero-order chi connectivity index (χ0) is 14.1. The minimum absolute atomic E-state index is 0.257. The lowest BCUT2D eigenvalue weighted by Crippen LogP contribution is -2.20. The Balaban J connectivity index is 1.91. The van der Waals surface area contributed by atoms with E-state index in [9.17, 15) is 4.79 Å². The first-order valence-corrected chi connectivity index (χ1v) is 6.46. The van der Waals surface area contributed by atoms with E-state index in [0.717, 1.165) is 27.7 Å². The first-order valence-electron chi connectivity index (χ1n) is 6.46. The van der Waals surface area contributed by atoms with Crippen LogP contribution in [0.4, 0.5) is 10.5 Å². The molecule has 3 rings (SSSR count). The van der Waals surface area contributed by atoms with E-state index >= 15 is 0 Å². The SMILES string of the molecule is Cc1ccc(NC(=O)n2ncc3cc(C)ccc32)cc1. The van der Waals surface area contributed by atoms with Gasteiger partial charge in [-0.15, -0.1) is 0 Å². The van der Waals surface area contributed by atoms with Crippen molar-refractivity contribution in [1.82, 2.24) is 9.78 Å². The van der Waals surface area contributed by atoms with Crippen LogP contribution in [0, 0.1) is 13.8 Å². The molecular weight excluding hydrogens is 250 g/mol. The number of aromatic nitrogens is 2. The number of amides is 1. The Morgan fingerprint density at radius 1 is 1.05 bits per heavy atom. The van der Waals surface area contributed by atoms with Crippen LogP contribution in [0.15, 0.2) is 48.7 Å². The predicted molar refractivity (Wildman–Crippen MR) is 80.1 cm³/mol. The van der Waals surface area contributed by atoms with Crippen LogP contribution in [0.1, 0.15) is 11.1 Å². The van der Waals surface area contributed by atoms with Crippen molar-refractivity contribution in [2.24, 2.45) is 0 Å². The van der Waals surface area contributed by atoms with Crippen LogP contribution in [0.3, 0.4) is 0 Å². The standard InChI is InChI=1S/C16H15N3O/c1-11-3-6-14(7-4-11)18-16(20)19-15-8-5-12(2)9-13(15)10-17-19/h3-10H,1-2H3,(H,18,20). The average molecular weight is 265 g/mol. The third-order valence-corrected chi connectivity index (χ3v) is 3.22. The molecule has 4 nitrogen and oxygen atoms in total. The zero-order valence-electron chi connectivity index (χ0n) is 11.4. The predicted octanol–water partition coefficient (Wildman–Crippen LogP) is 3.73. The molecule has 0 fully saturated rings. The van der Waals surface area contributed by atoms with E-state index in [0.29, 0.717) is 0 Å². The maximum Gasteiger partial charge on any atom is 0.347 e. The summed E-state index contributed by atoms with van der Waals surface area (Å²) in [6, 6.07) is 13.3. The summed E-state index contributed by atoms with van der Waals surface area (Å²) in [6.45, 7) is 4.03. The van der Waals surface area contributed by atoms with Crippen LogP contribution in [0.5, 0.6) is 0 Å². The van der Waals surface area contributed by atoms with Gasteiger partial charge in [-0.3, -0.25) is 0 Å². The van der Waals surface area contributed by atoms with Crippen LogP contribution in [-0.2, 0) is 0 Å². The minimum Gasteiger partial charge on any atom is -0.306 e. The molecule has 0 aliphatic carbocycles. The summed E-state index contributed by atoms with van der Waals surface area (Å²) in [5.41, 5.74) is 3.87. The Morgan fingerprint density at radius 2 is 1.75 bits per heavy atom. The van der Waals surface area contributed by atoms with E-state index in [-0.39, 0.29) is 6.03 Å². The molecule has 0 atom stereocenters. The fourth-order valence-corrected chi connectivity index (χ4v) is 2.13. The molecule has 4 heteroatoms. The summed E-state index contributed by atoms with van der Waals surface area (Å²) in [6.07, 6.45) is 1.71. The molecule has 0 saturated heterocycles. The lowest BCUT2D eigenvalue weighted by molar-refractivity contribution is 0.252. The number of anilines is 1. The molecule has 0 aliphatic heterocycles. The van der Waals surface area contributed by atoms with Gasteiger partial charge in [0.05, 0.1) is 11.7 Å². The van der Waals surface area contributed by atoms with Gasteiger partial charge in [-0.05, 0) is 38.1 Å². The Hall–Kier alpha value is -2.62. The largest absolute Gasteiger partial charge is 0.347 e. The summed E-state index contributed by atoms with van der Waals surface area (Å²) < 4.78 is 1.38. The van der Waals surface area contributed by atoms with Crippen molar-refractivity contribution in [2.45, 2.75) is 13.8 Å². The van der Waals surface area contributed by atoms with Crippen LogP contribution in [0.2, 0.25) is 0 Å². The maximum atomic E-state index is 12.2. The Bertz CT molecular complexity index is 772. The molecule has 1 aromatic heterocycles. The minimum atomic E-state index is -0.257. The molecule has 2 aromatic carbocycles. The van der Waals surface area contributed by atoms with Gasteiger partial charge in [-0.2, -0.15) is 9.78 Å². The summed E-state index contributed by atoms with van der Waals surface area (Å²) >= 11 is 0. The quantitative estimate of drug-likeness (QED) is 0.728. The van der Waals surface area contributed by atoms with Gasteiger partial charge >= 0.3 is 6.03 Å². The Labute approximate surface area is 117 Å². The van der Waals surface area contributed by atoms with Gasteiger partial charge < -0.3 is 5.32 Å². The van der Waals surface area contributed by atoms with Gasteiger partial charge in [-0.25, -0.2) is 4.79 Å². The van der Waals surface area contributed by atoms with E-state index in [2.05, 4.69) is 10.4 Å². The summed E-state index contributed by atoms with van der Waals surface area (Å²) in [7, 11) is 0. The molecule has 1 heterocycles. The number of hydrogen-bond acceptors (Lipinski definition) is 2. The number of fused-ring (bicyclic) bond motifs is 1. The summed E-state index contributed by atoms with van der Waals surface area (Å²) in [4.78, 5) is 12.2. The molecule has 0 bridgehead atoms. The average Bonchev–Trinajstić information content (AvgIpc) is 2.84. The number of nitrogens with zero attached hydrogens (tertiary/aromatic N) is 2. The number of carbonyl (C=O) groups excluding carboxylic acids is 1. The number of carbonyl (C=O) groups is 1. The number of aryl methyl sites for hydroxylation is 2. The van der Waals surface area contributed by atoms with E-state index in [1.54, 1.807) is 6.20 Å². The van der Waals surface area contributed by atoms with Crippen molar-refractivity contribution in [1.29, 1.82) is 0 Å².